The van der Waals surface area contributed by atoms with Gasteiger partial charge in [0.1, 0.15) is 0 Å². The second-order valence-electron chi connectivity index (χ2n) is 5.89. The molecule has 0 fully saturated rings. The molecule has 0 aliphatic rings. The molecule has 0 heterocycles. The Bertz CT molecular complexity index is 719. The molecule has 0 aromatic heterocycles. The van der Waals surface area contributed by atoms with Gasteiger partial charge in [0.2, 0.25) is 5.91 Å². The van der Waals surface area contributed by atoms with Gasteiger partial charge in [-0.3, -0.25) is 14.4 Å². The summed E-state index contributed by atoms with van der Waals surface area (Å²) >= 11 is 9.07. The van der Waals surface area contributed by atoms with Crippen LogP contribution >= 0.6 is 24.8 Å². The fourth-order valence-corrected chi connectivity index (χ4v) is 2.71. The number of hydrogen-bond donors (Lipinski definition) is 2. The van der Waals surface area contributed by atoms with Gasteiger partial charge in [-0.25, -0.2) is 0 Å². The Morgan fingerprint density at radius 3 is 2.48 bits per heavy atom. The molecule has 1 amide bonds. The van der Waals surface area contributed by atoms with Crippen molar-refractivity contribution in [1.82, 2.24) is 5.32 Å². The number of azide groups is 1. The normalized spacial score (nSPS) is 11.1. The third kappa shape index (κ3) is 9.89. The lowest BCUT2D eigenvalue weighted by molar-refractivity contribution is -0.121. The van der Waals surface area contributed by atoms with E-state index < -0.39 is 6.04 Å². The standard InChI is InChI=1S/C18H22N4O3S2/c19-22-20-11-5-4-8-17(24)21-14(16(26)9-10-18(25)27)12-15(23)13-6-2-1-3-7-13/h1-3,6-7,14H,4-5,8-12H2,(H,21,24)(H,25,27). The van der Waals surface area contributed by atoms with E-state index in [-0.39, 0.29) is 42.5 Å². The van der Waals surface area contributed by atoms with Gasteiger partial charge in [0.15, 0.2) is 10.9 Å². The van der Waals surface area contributed by atoms with Crippen molar-refractivity contribution < 1.29 is 14.4 Å². The molecule has 1 rings (SSSR count). The molecule has 1 unspecified atom stereocenters. The first-order valence-corrected chi connectivity index (χ1v) is 9.42. The molecule has 1 N–H and O–H groups in total. The van der Waals surface area contributed by atoms with Crippen LogP contribution in [-0.2, 0) is 9.59 Å². The number of carbonyl (C=O) groups excluding carboxylic acids is 3. The van der Waals surface area contributed by atoms with Crippen LogP contribution in [0.25, 0.3) is 10.4 Å². The van der Waals surface area contributed by atoms with Crippen molar-refractivity contribution in [3.63, 3.8) is 0 Å². The molecule has 144 valence electrons. The quantitative estimate of drug-likeness (QED) is 0.0986. The molecule has 7 nitrogen and oxygen atoms in total. The maximum atomic E-state index is 12.5. The van der Waals surface area contributed by atoms with Crippen molar-refractivity contribution in [2.75, 3.05) is 6.54 Å². The van der Waals surface area contributed by atoms with Crippen molar-refractivity contribution >= 4 is 46.5 Å². The highest BCUT2D eigenvalue weighted by Crippen LogP contribution is 2.11. The van der Waals surface area contributed by atoms with Crippen LogP contribution in [0.15, 0.2) is 35.4 Å². The van der Waals surface area contributed by atoms with Crippen LogP contribution in [-0.4, -0.2) is 34.3 Å². The zero-order chi connectivity index (χ0) is 20.1. The summed E-state index contributed by atoms with van der Waals surface area (Å²) in [6.07, 6.45) is 1.87. The molecular formula is C18H22N4O3S2. The topological polar surface area (TPSA) is 112 Å². The fourth-order valence-electron chi connectivity index (χ4n) is 2.36. The number of unbranched alkanes of at least 4 members (excludes halogenated alkanes) is 1. The molecule has 0 radical (unpaired) electrons. The number of Topliss-reactive ketones (excluding diaryl/α,β-unsaturated/α-hetero) is 1. The molecule has 9 heteroatoms. The largest absolute Gasteiger partial charge is 0.348 e. The van der Waals surface area contributed by atoms with Gasteiger partial charge in [-0.1, -0.05) is 47.7 Å². The van der Waals surface area contributed by atoms with E-state index in [0.29, 0.717) is 29.8 Å². The summed E-state index contributed by atoms with van der Waals surface area (Å²) < 4.78 is 0. The third-order valence-electron chi connectivity index (χ3n) is 3.77. The average Bonchev–Trinajstić information content (AvgIpc) is 2.66. The van der Waals surface area contributed by atoms with E-state index >= 15 is 0 Å². The molecule has 0 aliphatic heterocycles. The van der Waals surface area contributed by atoms with Crippen LogP contribution in [0.2, 0.25) is 0 Å². The van der Waals surface area contributed by atoms with Crippen LogP contribution in [0.3, 0.4) is 0 Å². The van der Waals surface area contributed by atoms with Crippen molar-refractivity contribution in [3.8, 4) is 0 Å². The maximum absolute atomic E-state index is 12.5. The number of ketones is 1. The van der Waals surface area contributed by atoms with E-state index in [1.165, 1.54) is 0 Å². The Labute approximate surface area is 168 Å². The van der Waals surface area contributed by atoms with Crippen LogP contribution in [0.4, 0.5) is 0 Å². The number of thiol groups is 1. The first kappa shape index (κ1) is 22.8. The van der Waals surface area contributed by atoms with E-state index in [1.54, 1.807) is 24.3 Å². The predicted molar refractivity (Wildman–Crippen MR) is 111 cm³/mol. The highest BCUT2D eigenvalue weighted by Gasteiger charge is 2.21. The zero-order valence-corrected chi connectivity index (χ0v) is 16.5. The highest BCUT2D eigenvalue weighted by atomic mass is 32.1. The van der Waals surface area contributed by atoms with Gasteiger partial charge in [-0.05, 0) is 24.8 Å². The lowest BCUT2D eigenvalue weighted by Gasteiger charge is -2.19. The van der Waals surface area contributed by atoms with Gasteiger partial charge in [0.25, 0.3) is 0 Å². The lowest BCUT2D eigenvalue weighted by atomic mass is 9.99. The Morgan fingerprint density at radius 1 is 1.15 bits per heavy atom. The summed E-state index contributed by atoms with van der Waals surface area (Å²) in [5.41, 5.74) is 8.77. The van der Waals surface area contributed by atoms with Crippen LogP contribution in [0.1, 0.15) is 48.9 Å². The molecule has 1 aromatic carbocycles. The van der Waals surface area contributed by atoms with E-state index in [1.807, 2.05) is 6.07 Å². The van der Waals surface area contributed by atoms with Gasteiger partial charge >= 0.3 is 0 Å². The first-order valence-electron chi connectivity index (χ1n) is 8.57. The second kappa shape index (κ2) is 13.0. The summed E-state index contributed by atoms with van der Waals surface area (Å²) in [6, 6.07) is 8.14. The number of nitrogens with one attached hydrogen (secondary N) is 1. The van der Waals surface area contributed by atoms with Crippen LogP contribution in [0.5, 0.6) is 0 Å². The van der Waals surface area contributed by atoms with Crippen molar-refractivity contribution in [2.24, 2.45) is 5.11 Å². The number of thiocarbonyl (C=S) groups is 1. The first-order chi connectivity index (χ1) is 12.9. The summed E-state index contributed by atoms with van der Waals surface area (Å²) in [4.78, 5) is 38.8. The SMILES string of the molecule is [N-]=[N+]=NCCCCC(=O)NC(CC(=O)c1ccccc1)C(=S)CCC(=O)S. The molecule has 27 heavy (non-hydrogen) atoms. The number of amides is 1. The van der Waals surface area contributed by atoms with Crippen molar-refractivity contribution in [3.05, 3.63) is 46.3 Å². The Kier molecular flexibility index (Phi) is 11.0. The number of carbonyl (C=O) groups is 3. The van der Waals surface area contributed by atoms with Gasteiger partial charge in [0, 0.05) is 41.1 Å². The number of hydrogen-bond acceptors (Lipinski definition) is 5. The van der Waals surface area contributed by atoms with E-state index in [9.17, 15) is 14.4 Å². The number of nitrogens with zero attached hydrogens (tertiary/aromatic N) is 3. The van der Waals surface area contributed by atoms with Crippen molar-refractivity contribution in [1.29, 1.82) is 0 Å². The minimum absolute atomic E-state index is 0.0358. The summed E-state index contributed by atoms with van der Waals surface area (Å²) in [7, 11) is 0. The van der Waals surface area contributed by atoms with E-state index in [0.717, 1.165) is 0 Å². The Balaban J connectivity index is 2.67. The molecule has 0 saturated carbocycles. The fraction of sp³-hybridized carbons (Fsp3) is 0.444. The monoisotopic (exact) mass is 406 g/mol. The van der Waals surface area contributed by atoms with Crippen LogP contribution < -0.4 is 5.32 Å². The van der Waals surface area contributed by atoms with E-state index in [4.69, 9.17) is 17.7 Å². The molecule has 0 bridgehead atoms. The third-order valence-corrected chi connectivity index (χ3v) is 4.48. The maximum Gasteiger partial charge on any atom is 0.220 e. The summed E-state index contributed by atoms with van der Waals surface area (Å²) in [6.45, 7) is 0.335. The average molecular weight is 407 g/mol. The predicted octanol–water partition coefficient (Wildman–Crippen LogP) is 3.83. The highest BCUT2D eigenvalue weighted by molar-refractivity contribution is 7.96. The second-order valence-corrected chi connectivity index (χ2v) is 6.91. The molecule has 0 spiro atoms. The minimum Gasteiger partial charge on any atom is -0.348 e. The van der Waals surface area contributed by atoms with Gasteiger partial charge in [-0.2, -0.15) is 0 Å². The molecule has 1 atom stereocenters. The minimum atomic E-state index is -0.620. The van der Waals surface area contributed by atoms with Gasteiger partial charge < -0.3 is 5.32 Å². The van der Waals surface area contributed by atoms with E-state index in [2.05, 4.69) is 28.0 Å². The zero-order valence-electron chi connectivity index (χ0n) is 14.8. The number of benzene rings is 1. The Morgan fingerprint density at radius 2 is 1.85 bits per heavy atom. The smallest absolute Gasteiger partial charge is 0.220 e. The summed E-state index contributed by atoms with van der Waals surface area (Å²) in [5, 5.41) is 5.91. The molecule has 0 saturated heterocycles. The number of rotatable bonds is 13. The lowest BCUT2D eigenvalue weighted by Crippen LogP contribution is -2.41. The molecule has 0 aliphatic carbocycles. The molecular weight excluding hydrogens is 384 g/mol. The van der Waals surface area contributed by atoms with Crippen LogP contribution in [0, 0.1) is 0 Å². The Hall–Kier alpha value is -2.22. The van der Waals surface area contributed by atoms with Gasteiger partial charge in [0.05, 0.1) is 6.04 Å². The summed E-state index contributed by atoms with van der Waals surface area (Å²) in [5.74, 6) is -0.370. The van der Waals surface area contributed by atoms with Crippen molar-refractivity contribution in [2.45, 2.75) is 44.6 Å². The van der Waals surface area contributed by atoms with Gasteiger partial charge in [-0.15, -0.1) is 12.6 Å². The molecule has 1 aromatic rings.